The van der Waals surface area contributed by atoms with E-state index < -0.39 is 24.4 Å². The van der Waals surface area contributed by atoms with Crippen molar-refractivity contribution in [3.8, 4) is 0 Å². The highest BCUT2D eigenvalue weighted by Gasteiger charge is 2.16. The van der Waals surface area contributed by atoms with Crippen LogP contribution in [0.3, 0.4) is 0 Å². The second-order valence-corrected chi connectivity index (χ2v) is 2.33. The van der Waals surface area contributed by atoms with Gasteiger partial charge in [-0.05, 0) is 19.3 Å². The molecule has 0 aliphatic carbocycles. The molecule has 0 aliphatic rings. The van der Waals surface area contributed by atoms with Crippen molar-refractivity contribution in [3.63, 3.8) is 0 Å². The Morgan fingerprint density at radius 1 is 1.75 bits per heavy atom. The zero-order valence-electron chi connectivity index (χ0n) is 8.83. The van der Waals surface area contributed by atoms with Crippen LogP contribution >= 0.6 is 0 Å². The van der Waals surface area contributed by atoms with Gasteiger partial charge in [0.15, 0.2) is 0 Å². The van der Waals surface area contributed by atoms with Crippen LogP contribution in [0.1, 0.15) is 22.5 Å². The van der Waals surface area contributed by atoms with Gasteiger partial charge in [0, 0.05) is 9.67 Å². The van der Waals surface area contributed by atoms with Crippen LogP contribution in [0.5, 0.6) is 0 Å². The lowest BCUT2D eigenvalue weighted by Gasteiger charge is -2.11. The molecule has 0 aromatic heterocycles. The maximum atomic E-state index is 10.6. The topological polar surface area (TPSA) is 92.4 Å². The number of nitrogens with one attached hydrogen (secondary N) is 1. The van der Waals surface area contributed by atoms with Gasteiger partial charge in [-0.15, -0.1) is 0 Å². The van der Waals surface area contributed by atoms with Crippen molar-refractivity contribution in [1.82, 2.24) is 5.32 Å². The van der Waals surface area contributed by atoms with E-state index >= 15 is 0 Å². The number of carbonyl (C=O) groups excluding carboxylic acids is 1. The Morgan fingerprint density at radius 2 is 2.33 bits per heavy atom. The number of carboxylic acids is 1. The van der Waals surface area contributed by atoms with Crippen molar-refractivity contribution in [1.29, 1.82) is 0 Å². The number of hydrogen-bond donors (Lipinski definition) is 3. The molecule has 0 fully saturated rings. The second-order valence-electron chi connectivity index (χ2n) is 2.33. The summed E-state index contributed by atoms with van der Waals surface area (Å²) in [5.74, 6) is -1.65. The van der Waals surface area contributed by atoms with E-state index in [0.29, 0.717) is 0 Å². The Kier molecular flexibility index (Phi) is 3.48. The van der Waals surface area contributed by atoms with Crippen LogP contribution in [0, 0.1) is 0 Å². The van der Waals surface area contributed by atoms with E-state index in [1.807, 2.05) is 0 Å². The maximum Gasteiger partial charge on any atom is 0.326 e. The van der Waals surface area contributed by atoms with Crippen LogP contribution in [-0.2, 0) is 9.59 Å². The number of hydrogen-bond acceptors (Lipinski definition) is 3. The quantitative estimate of drug-likeness (QED) is 0.517. The van der Waals surface area contributed by atoms with E-state index in [-0.39, 0.29) is 12.8 Å². The summed E-state index contributed by atoms with van der Waals surface area (Å²) in [5.41, 5.74) is 5.04. The number of carbonyl (C=O) groups is 2. The highest BCUT2D eigenvalue weighted by atomic mass is 16.4. The molecule has 0 spiro atoms. The Morgan fingerprint density at radius 3 is 2.67 bits per heavy atom. The molecule has 12 heavy (non-hydrogen) atoms. The molecule has 0 heterocycles. The minimum absolute atomic E-state index is 0.0294. The zero-order chi connectivity index (χ0) is 11.4. The molecule has 0 saturated carbocycles. The lowest BCUT2D eigenvalue weighted by molar-refractivity contribution is -0.141. The lowest BCUT2D eigenvalue weighted by atomic mass is 10.1. The van der Waals surface area contributed by atoms with Crippen LogP contribution in [0.25, 0.3) is 0 Å². The smallest absolute Gasteiger partial charge is 0.326 e. The Balaban J connectivity index is 4.11. The van der Waals surface area contributed by atoms with Gasteiger partial charge in [-0.2, -0.15) is 0 Å². The number of amides is 1. The monoisotopic (exact) mass is 176 g/mol. The first kappa shape index (κ1) is 7.54. The molecule has 0 aromatic rings. The predicted molar refractivity (Wildman–Crippen MR) is 43.5 cm³/mol. The molecule has 0 radical (unpaired) electrons. The average molecular weight is 176 g/mol. The highest BCUT2D eigenvalue weighted by molar-refractivity contribution is 5.81. The van der Waals surface area contributed by atoms with Crippen molar-refractivity contribution in [2.45, 2.75) is 25.8 Å². The first-order valence-corrected chi connectivity index (χ1v) is 3.51. The van der Waals surface area contributed by atoms with Crippen molar-refractivity contribution in [3.05, 3.63) is 0 Å². The van der Waals surface area contributed by atoms with Gasteiger partial charge < -0.3 is 16.2 Å². The molecule has 0 saturated heterocycles. The van der Waals surface area contributed by atoms with E-state index in [1.165, 1.54) is 6.92 Å². The molecular weight excluding hydrogens is 160 g/mol. The van der Waals surface area contributed by atoms with Crippen LogP contribution in [-0.4, -0.2) is 29.5 Å². The molecule has 5 heteroatoms. The molecule has 0 aliphatic heterocycles. The number of carboxylic acid groups (broad SMARTS) is 1. The molecule has 4 N–H and O–H groups in total. The molecule has 5 nitrogen and oxygen atoms in total. The van der Waals surface area contributed by atoms with Crippen molar-refractivity contribution >= 4 is 11.9 Å². The first-order valence-electron chi connectivity index (χ1n) is 4.51. The highest BCUT2D eigenvalue weighted by Crippen LogP contribution is 1.95. The number of aliphatic carboxylic acids is 1. The molecule has 1 atom stereocenters. The van der Waals surface area contributed by atoms with Gasteiger partial charge in [0.05, 0.1) is 0 Å². The fraction of sp³-hybridized carbons (Fsp3) is 0.714. The standard InChI is InChI=1S/C7H14N2O3/c1-5(10)9-6(7(11)12)3-2-4-8/h6H,2-4,8H2,1H3,(H,9,10)(H,11,12)/t6-/m0/s1/i4D2. The SMILES string of the molecule is [2H]C([2H])(N)CC[C@H](NC(C)=O)C(=O)O. The lowest BCUT2D eigenvalue weighted by Crippen LogP contribution is -2.39. The summed E-state index contributed by atoms with van der Waals surface area (Å²) in [4.78, 5) is 21.2. The van der Waals surface area contributed by atoms with Gasteiger partial charge in [-0.1, -0.05) is 0 Å². The van der Waals surface area contributed by atoms with E-state index in [0.717, 1.165) is 0 Å². The largest absolute Gasteiger partial charge is 0.480 e. The summed E-state index contributed by atoms with van der Waals surface area (Å²) >= 11 is 0. The van der Waals surface area contributed by atoms with Gasteiger partial charge in [-0.3, -0.25) is 4.79 Å². The maximum absolute atomic E-state index is 10.6. The molecule has 0 rings (SSSR count). The minimum atomic E-state index is -1.91. The summed E-state index contributed by atoms with van der Waals surface area (Å²) in [6, 6.07) is -1.08. The molecule has 70 valence electrons. The molecule has 0 bridgehead atoms. The second kappa shape index (κ2) is 5.54. The van der Waals surface area contributed by atoms with Gasteiger partial charge in [0.25, 0.3) is 0 Å². The molecule has 0 aromatic carbocycles. The first-order chi connectivity index (χ1) is 6.22. The van der Waals surface area contributed by atoms with Crippen LogP contribution < -0.4 is 11.1 Å². The Bertz CT molecular complexity index is 227. The van der Waals surface area contributed by atoms with Gasteiger partial charge in [-0.25, -0.2) is 4.79 Å². The summed E-state index contributed by atoms with van der Waals surface area (Å²) < 4.78 is 14.0. The minimum Gasteiger partial charge on any atom is -0.480 e. The average Bonchev–Trinajstić information content (AvgIpc) is 1.94. The van der Waals surface area contributed by atoms with E-state index in [2.05, 4.69) is 5.32 Å². The van der Waals surface area contributed by atoms with Crippen molar-refractivity contribution in [2.24, 2.45) is 5.73 Å². The molecule has 0 unspecified atom stereocenters. The summed E-state index contributed by atoms with van der Waals surface area (Å²) in [7, 11) is 0. The fourth-order valence-electron chi connectivity index (χ4n) is 0.730. The van der Waals surface area contributed by atoms with E-state index in [9.17, 15) is 9.59 Å². The van der Waals surface area contributed by atoms with E-state index in [4.69, 9.17) is 13.6 Å². The Hall–Kier alpha value is -1.10. The summed E-state index contributed by atoms with van der Waals surface area (Å²) in [5, 5.41) is 10.8. The summed E-state index contributed by atoms with van der Waals surface area (Å²) in [6.07, 6.45) is -0.150. The van der Waals surface area contributed by atoms with Crippen LogP contribution in [0.2, 0.25) is 0 Å². The summed E-state index contributed by atoms with van der Waals surface area (Å²) in [6.45, 7) is -0.709. The van der Waals surface area contributed by atoms with Gasteiger partial charge in [0.1, 0.15) is 6.04 Å². The number of rotatable bonds is 5. The van der Waals surface area contributed by atoms with E-state index in [1.54, 1.807) is 0 Å². The Labute approximate surface area is 73.7 Å². The van der Waals surface area contributed by atoms with Crippen molar-refractivity contribution < 1.29 is 17.4 Å². The van der Waals surface area contributed by atoms with Crippen molar-refractivity contribution in [2.75, 3.05) is 6.50 Å². The third-order valence-corrected chi connectivity index (χ3v) is 1.25. The van der Waals surface area contributed by atoms with Crippen LogP contribution in [0.4, 0.5) is 0 Å². The molecule has 1 amide bonds. The van der Waals surface area contributed by atoms with Crippen LogP contribution in [0.15, 0.2) is 0 Å². The third-order valence-electron chi connectivity index (χ3n) is 1.25. The molecular formula is C7H14N2O3. The fourth-order valence-corrected chi connectivity index (χ4v) is 0.730. The third kappa shape index (κ3) is 4.68. The van der Waals surface area contributed by atoms with Gasteiger partial charge >= 0.3 is 5.97 Å². The predicted octanol–water partition coefficient (Wildman–Crippen LogP) is -0.685. The zero-order valence-corrected chi connectivity index (χ0v) is 6.83. The normalized spacial score (nSPS) is 15.8. The number of nitrogens with two attached hydrogens (primary N) is 1. The van der Waals surface area contributed by atoms with Gasteiger partial charge in [0.2, 0.25) is 5.91 Å².